The normalized spacial score (nSPS) is 11.3. The van der Waals surface area contributed by atoms with Crippen LogP contribution in [0, 0.1) is 0 Å². The van der Waals surface area contributed by atoms with Gasteiger partial charge in [0.1, 0.15) is 5.75 Å². The Labute approximate surface area is 167 Å². The van der Waals surface area contributed by atoms with E-state index in [2.05, 4.69) is 15.2 Å². The summed E-state index contributed by atoms with van der Waals surface area (Å²) in [6.07, 6.45) is 1.69. The van der Waals surface area contributed by atoms with Crippen LogP contribution in [0.15, 0.2) is 70.6 Å². The fraction of sp³-hybridized carbons (Fsp3) is 0.158. The molecule has 0 radical (unpaired) electrons. The first-order valence-corrected chi connectivity index (χ1v) is 11.0. The molecule has 9 heteroatoms. The predicted octanol–water partition coefficient (Wildman–Crippen LogP) is 2.74. The van der Waals surface area contributed by atoms with Gasteiger partial charge in [0.2, 0.25) is 5.91 Å². The molecule has 7 nitrogen and oxygen atoms in total. The van der Waals surface area contributed by atoms with Crippen LogP contribution < -0.4 is 15.0 Å². The van der Waals surface area contributed by atoms with E-state index in [9.17, 15) is 13.2 Å². The molecular weight excluding hydrogens is 398 g/mol. The minimum atomic E-state index is -3.86. The Morgan fingerprint density at radius 2 is 1.86 bits per heavy atom. The molecule has 1 heterocycles. The smallest absolute Gasteiger partial charge is 0.257 e. The van der Waals surface area contributed by atoms with Crippen molar-refractivity contribution in [2.45, 2.75) is 16.7 Å². The average Bonchev–Trinajstić information content (AvgIpc) is 2.71. The molecule has 0 atom stereocenters. The Morgan fingerprint density at radius 3 is 2.61 bits per heavy atom. The van der Waals surface area contributed by atoms with Crippen LogP contribution in [0.25, 0.3) is 10.9 Å². The Kier molecular flexibility index (Phi) is 6.50. The summed E-state index contributed by atoms with van der Waals surface area (Å²) < 4.78 is 29.8. The number of rotatable bonds is 8. The first-order valence-electron chi connectivity index (χ1n) is 8.49. The Hall–Kier alpha value is -2.62. The van der Waals surface area contributed by atoms with Crippen LogP contribution in [0.5, 0.6) is 5.75 Å². The molecule has 0 aliphatic carbocycles. The van der Waals surface area contributed by atoms with E-state index >= 15 is 0 Å². The first-order chi connectivity index (χ1) is 13.5. The zero-order valence-electron chi connectivity index (χ0n) is 15.1. The second-order valence-corrected chi connectivity index (χ2v) is 8.38. The van der Waals surface area contributed by atoms with Crippen molar-refractivity contribution in [3.8, 4) is 5.75 Å². The number of para-hydroxylation sites is 1. The lowest BCUT2D eigenvalue weighted by atomic mass is 10.2. The molecule has 1 aromatic heterocycles. The van der Waals surface area contributed by atoms with Crippen molar-refractivity contribution < 1.29 is 17.9 Å². The summed E-state index contributed by atoms with van der Waals surface area (Å²) in [6, 6.07) is 15.4. The van der Waals surface area contributed by atoms with Crippen LogP contribution in [-0.2, 0) is 14.8 Å². The quantitative estimate of drug-likeness (QED) is 0.432. The van der Waals surface area contributed by atoms with Gasteiger partial charge in [-0.25, -0.2) is 8.42 Å². The summed E-state index contributed by atoms with van der Waals surface area (Å²) in [7, 11) is -3.86. The van der Waals surface area contributed by atoms with Gasteiger partial charge < -0.3 is 4.74 Å². The number of carbonyl (C=O) groups is 1. The van der Waals surface area contributed by atoms with Crippen molar-refractivity contribution in [3.05, 3.63) is 60.8 Å². The van der Waals surface area contributed by atoms with Gasteiger partial charge >= 0.3 is 0 Å². The number of pyridine rings is 1. The van der Waals surface area contributed by atoms with Crippen LogP contribution >= 0.6 is 11.8 Å². The van der Waals surface area contributed by atoms with Crippen molar-refractivity contribution in [2.24, 2.45) is 0 Å². The van der Waals surface area contributed by atoms with E-state index in [1.165, 1.54) is 23.9 Å². The number of thioether (sulfide) groups is 1. The summed E-state index contributed by atoms with van der Waals surface area (Å²) in [5, 5.41) is 0.976. The fourth-order valence-electron chi connectivity index (χ4n) is 2.44. The van der Waals surface area contributed by atoms with Crippen molar-refractivity contribution >= 4 is 38.6 Å². The summed E-state index contributed by atoms with van der Waals surface area (Å²) in [5.41, 5.74) is 3.03. The first kappa shape index (κ1) is 20.1. The topological polar surface area (TPSA) is 97.4 Å². The number of aromatic nitrogens is 1. The molecule has 28 heavy (non-hydrogen) atoms. The number of nitrogens with zero attached hydrogens (tertiary/aromatic N) is 1. The molecule has 0 spiro atoms. The number of ether oxygens (including phenoxy) is 1. The molecule has 2 aromatic carbocycles. The number of nitrogens with one attached hydrogen (secondary N) is 2. The second kappa shape index (κ2) is 9.05. The molecule has 1 amide bonds. The highest BCUT2D eigenvalue weighted by atomic mass is 32.2. The SMILES string of the molecule is CCOc1ccc(S(=O)(=O)NNC(=O)CSc2cccc3cccnc23)cc1. The molecule has 146 valence electrons. The van der Waals surface area contributed by atoms with E-state index in [0.29, 0.717) is 12.4 Å². The Morgan fingerprint density at radius 1 is 1.11 bits per heavy atom. The number of hydrazine groups is 1. The predicted molar refractivity (Wildman–Crippen MR) is 109 cm³/mol. The molecule has 3 aromatic rings. The lowest BCUT2D eigenvalue weighted by Crippen LogP contribution is -2.42. The molecule has 0 aliphatic heterocycles. The van der Waals surface area contributed by atoms with Crippen LogP contribution in [0.3, 0.4) is 0 Å². The van der Waals surface area contributed by atoms with Gasteiger partial charge in [-0.15, -0.1) is 16.6 Å². The monoisotopic (exact) mass is 417 g/mol. The maximum atomic E-state index is 12.3. The van der Waals surface area contributed by atoms with Crippen molar-refractivity contribution in [1.29, 1.82) is 0 Å². The van der Waals surface area contributed by atoms with Crippen molar-refractivity contribution in [2.75, 3.05) is 12.4 Å². The highest BCUT2D eigenvalue weighted by Gasteiger charge is 2.15. The van der Waals surface area contributed by atoms with E-state index in [-0.39, 0.29) is 10.6 Å². The number of fused-ring (bicyclic) bond motifs is 1. The Balaban J connectivity index is 1.57. The third-order valence-electron chi connectivity index (χ3n) is 3.72. The molecule has 0 unspecified atom stereocenters. The molecule has 0 aliphatic rings. The highest BCUT2D eigenvalue weighted by Crippen LogP contribution is 2.25. The minimum Gasteiger partial charge on any atom is -0.494 e. The molecule has 0 fully saturated rings. The number of benzene rings is 2. The van der Waals surface area contributed by atoms with Gasteiger partial charge in [-0.1, -0.05) is 18.2 Å². The van der Waals surface area contributed by atoms with Crippen molar-refractivity contribution in [1.82, 2.24) is 15.2 Å². The van der Waals surface area contributed by atoms with Gasteiger partial charge in [-0.3, -0.25) is 15.2 Å². The molecule has 0 bridgehead atoms. The minimum absolute atomic E-state index is 0.0298. The van der Waals surface area contributed by atoms with Crippen molar-refractivity contribution in [3.63, 3.8) is 0 Å². The molecule has 0 saturated heterocycles. The third kappa shape index (κ3) is 5.00. The van der Waals surface area contributed by atoms with Gasteiger partial charge in [-0.2, -0.15) is 0 Å². The maximum absolute atomic E-state index is 12.3. The fourth-order valence-corrected chi connectivity index (χ4v) is 4.14. The highest BCUT2D eigenvalue weighted by molar-refractivity contribution is 8.00. The molecule has 0 saturated carbocycles. The van der Waals surface area contributed by atoms with E-state index in [0.717, 1.165) is 15.8 Å². The molecular formula is C19H19N3O4S2. The third-order valence-corrected chi connectivity index (χ3v) is 6.03. The lowest BCUT2D eigenvalue weighted by molar-refractivity contribution is -0.119. The summed E-state index contributed by atoms with van der Waals surface area (Å²) in [5.74, 6) is 0.152. The zero-order chi connectivity index (χ0) is 20.0. The second-order valence-electron chi connectivity index (χ2n) is 5.68. The standard InChI is InChI=1S/C19H19N3O4S2/c1-2-26-15-8-10-16(11-9-15)28(24,25)22-21-18(23)13-27-17-7-3-5-14-6-4-12-20-19(14)17/h3-12,22H,2,13H2,1H3,(H,21,23). The van der Waals surface area contributed by atoms with E-state index in [1.54, 1.807) is 18.3 Å². The molecule has 3 rings (SSSR count). The number of amides is 1. The number of carbonyl (C=O) groups excluding carboxylic acids is 1. The Bertz CT molecular complexity index is 1060. The average molecular weight is 418 g/mol. The summed E-state index contributed by atoms with van der Waals surface area (Å²) >= 11 is 1.29. The largest absolute Gasteiger partial charge is 0.494 e. The number of hydrogen-bond acceptors (Lipinski definition) is 6. The summed E-state index contributed by atoms with van der Waals surface area (Å²) in [4.78, 5) is 19.4. The van der Waals surface area contributed by atoms with Crippen LogP contribution in [0.1, 0.15) is 6.92 Å². The van der Waals surface area contributed by atoms with E-state index in [4.69, 9.17) is 4.74 Å². The lowest BCUT2D eigenvalue weighted by Gasteiger charge is -2.10. The van der Waals surface area contributed by atoms with Gasteiger partial charge in [0, 0.05) is 16.5 Å². The number of sulfonamides is 1. The number of hydrogen-bond donors (Lipinski definition) is 2. The van der Waals surface area contributed by atoms with Crippen LogP contribution in [0.4, 0.5) is 0 Å². The maximum Gasteiger partial charge on any atom is 0.257 e. The zero-order valence-corrected chi connectivity index (χ0v) is 16.7. The van der Waals surface area contributed by atoms with Gasteiger partial charge in [0.25, 0.3) is 10.0 Å². The summed E-state index contributed by atoms with van der Waals surface area (Å²) in [6.45, 7) is 2.33. The van der Waals surface area contributed by atoms with E-state index in [1.807, 2.05) is 37.3 Å². The van der Waals surface area contributed by atoms with Gasteiger partial charge in [-0.05, 0) is 43.3 Å². The molecule has 2 N–H and O–H groups in total. The van der Waals surface area contributed by atoms with Crippen LogP contribution in [0.2, 0.25) is 0 Å². The van der Waals surface area contributed by atoms with Crippen LogP contribution in [-0.4, -0.2) is 31.7 Å². The van der Waals surface area contributed by atoms with E-state index < -0.39 is 15.9 Å². The van der Waals surface area contributed by atoms with Gasteiger partial charge in [0.15, 0.2) is 0 Å². The van der Waals surface area contributed by atoms with Gasteiger partial charge in [0.05, 0.1) is 22.8 Å².